The largest absolute Gasteiger partial charge is 0.347 e. The van der Waals surface area contributed by atoms with Gasteiger partial charge in [-0.1, -0.05) is 45.0 Å². The predicted octanol–water partition coefficient (Wildman–Crippen LogP) is 3.12. The first kappa shape index (κ1) is 17.5. The molecular weight excluding hydrogens is 288 g/mol. The molecule has 4 heteroatoms. The van der Waals surface area contributed by atoms with Crippen LogP contribution >= 0.6 is 0 Å². The summed E-state index contributed by atoms with van der Waals surface area (Å²) in [5, 5.41) is 6.03. The van der Waals surface area contributed by atoms with Crippen LogP contribution in [0.2, 0.25) is 0 Å². The second-order valence-electron chi connectivity index (χ2n) is 6.69. The number of nitrogens with one attached hydrogen (secondary N) is 2. The second kappa shape index (κ2) is 8.14. The van der Waals surface area contributed by atoms with E-state index in [-0.39, 0.29) is 23.8 Å². The molecule has 0 spiro atoms. The van der Waals surface area contributed by atoms with Crippen LogP contribution in [-0.4, -0.2) is 17.9 Å². The highest BCUT2D eigenvalue weighted by Crippen LogP contribution is 2.29. The molecule has 4 nitrogen and oxygen atoms in total. The van der Waals surface area contributed by atoms with E-state index < -0.39 is 6.04 Å². The SMILES string of the molecule is CCCC(=O)NC(C(=O)NC1CCCc2ccccc21)C(C)C. The monoisotopic (exact) mass is 316 g/mol. The van der Waals surface area contributed by atoms with Crippen LogP contribution in [0.5, 0.6) is 0 Å². The number of fused-ring (bicyclic) bond motifs is 1. The first-order chi connectivity index (χ1) is 11.0. The molecule has 2 amide bonds. The van der Waals surface area contributed by atoms with E-state index in [2.05, 4.69) is 22.8 Å². The number of carbonyl (C=O) groups excluding carboxylic acids is 2. The lowest BCUT2D eigenvalue weighted by molar-refractivity contribution is -0.130. The maximum absolute atomic E-state index is 12.7. The Hall–Kier alpha value is -1.84. The van der Waals surface area contributed by atoms with Crippen LogP contribution in [0.3, 0.4) is 0 Å². The van der Waals surface area contributed by atoms with Crippen LogP contribution in [0.15, 0.2) is 24.3 Å². The Balaban J connectivity index is 2.06. The summed E-state index contributed by atoms with van der Waals surface area (Å²) in [6.45, 7) is 5.89. The molecule has 0 saturated heterocycles. The molecule has 1 aliphatic rings. The van der Waals surface area contributed by atoms with Gasteiger partial charge in [0, 0.05) is 6.42 Å². The van der Waals surface area contributed by atoms with Crippen molar-refractivity contribution in [2.24, 2.45) is 5.92 Å². The summed E-state index contributed by atoms with van der Waals surface area (Å²) < 4.78 is 0. The number of aryl methyl sites for hydroxylation is 1. The average molecular weight is 316 g/mol. The topological polar surface area (TPSA) is 58.2 Å². The van der Waals surface area contributed by atoms with Crippen LogP contribution in [0.1, 0.15) is 63.6 Å². The number of rotatable bonds is 6. The Morgan fingerprint density at radius 3 is 2.70 bits per heavy atom. The third-order valence-electron chi connectivity index (χ3n) is 4.43. The molecule has 23 heavy (non-hydrogen) atoms. The first-order valence-corrected chi connectivity index (χ1v) is 8.70. The van der Waals surface area contributed by atoms with Crippen LogP contribution in [0, 0.1) is 5.92 Å². The molecule has 2 rings (SSSR count). The minimum atomic E-state index is -0.469. The Bertz CT molecular complexity index is 554. The van der Waals surface area contributed by atoms with Gasteiger partial charge >= 0.3 is 0 Å². The zero-order valence-corrected chi connectivity index (χ0v) is 14.4. The molecule has 2 atom stereocenters. The minimum Gasteiger partial charge on any atom is -0.347 e. The smallest absolute Gasteiger partial charge is 0.243 e. The van der Waals surface area contributed by atoms with Crippen molar-refractivity contribution in [3.63, 3.8) is 0 Å². The lowest BCUT2D eigenvalue weighted by atomic mass is 9.87. The molecule has 1 aromatic rings. The fourth-order valence-corrected chi connectivity index (χ4v) is 3.17. The van der Waals surface area contributed by atoms with Gasteiger partial charge in [-0.25, -0.2) is 0 Å². The average Bonchev–Trinajstić information content (AvgIpc) is 2.53. The first-order valence-electron chi connectivity index (χ1n) is 8.70. The lowest BCUT2D eigenvalue weighted by Crippen LogP contribution is -2.50. The van der Waals surface area contributed by atoms with Crippen molar-refractivity contribution >= 4 is 11.8 Å². The van der Waals surface area contributed by atoms with Crippen molar-refractivity contribution in [1.82, 2.24) is 10.6 Å². The maximum Gasteiger partial charge on any atom is 0.243 e. The van der Waals surface area contributed by atoms with Gasteiger partial charge in [-0.2, -0.15) is 0 Å². The normalized spacial score (nSPS) is 18.2. The molecule has 0 aliphatic heterocycles. The summed E-state index contributed by atoms with van der Waals surface area (Å²) in [5.41, 5.74) is 2.54. The third kappa shape index (κ3) is 4.57. The molecule has 2 N–H and O–H groups in total. The molecule has 0 radical (unpaired) electrons. The molecule has 0 bridgehead atoms. The number of amides is 2. The molecule has 1 aliphatic carbocycles. The van der Waals surface area contributed by atoms with Crippen LogP contribution < -0.4 is 10.6 Å². The number of hydrogen-bond donors (Lipinski definition) is 2. The number of benzene rings is 1. The minimum absolute atomic E-state index is 0.0506. The maximum atomic E-state index is 12.7. The summed E-state index contributed by atoms with van der Waals surface area (Å²) in [7, 11) is 0. The Morgan fingerprint density at radius 2 is 2.00 bits per heavy atom. The molecule has 0 heterocycles. The van der Waals surface area contributed by atoms with Gasteiger partial charge in [-0.05, 0) is 42.7 Å². The van der Waals surface area contributed by atoms with E-state index in [0.717, 1.165) is 25.7 Å². The highest BCUT2D eigenvalue weighted by Gasteiger charge is 2.28. The summed E-state index contributed by atoms with van der Waals surface area (Å²) in [5.74, 6) is -0.0637. The van der Waals surface area contributed by atoms with Gasteiger partial charge < -0.3 is 10.6 Å². The van der Waals surface area contributed by atoms with Gasteiger partial charge in [-0.15, -0.1) is 0 Å². The van der Waals surface area contributed by atoms with E-state index in [4.69, 9.17) is 0 Å². The van der Waals surface area contributed by atoms with Crippen LogP contribution in [0.4, 0.5) is 0 Å². The van der Waals surface area contributed by atoms with Crippen LogP contribution in [0.25, 0.3) is 0 Å². The van der Waals surface area contributed by atoms with Gasteiger partial charge in [0.2, 0.25) is 11.8 Å². The molecule has 0 saturated carbocycles. The Kier molecular flexibility index (Phi) is 6.20. The lowest BCUT2D eigenvalue weighted by Gasteiger charge is -2.29. The standard InChI is InChI=1S/C19H28N2O2/c1-4-8-17(22)21-18(13(2)3)19(23)20-16-12-7-10-14-9-5-6-11-15(14)16/h5-6,9,11,13,16,18H,4,7-8,10,12H2,1-3H3,(H,20,23)(H,21,22). The van der Waals surface area contributed by atoms with Gasteiger partial charge in [0.1, 0.15) is 6.04 Å². The molecule has 126 valence electrons. The Labute approximate surface area is 139 Å². The molecule has 0 aromatic heterocycles. The summed E-state index contributed by atoms with van der Waals surface area (Å²) in [4.78, 5) is 24.5. The second-order valence-corrected chi connectivity index (χ2v) is 6.69. The zero-order valence-electron chi connectivity index (χ0n) is 14.4. The van der Waals surface area contributed by atoms with Crippen molar-refractivity contribution in [2.45, 2.75) is 65.0 Å². The zero-order chi connectivity index (χ0) is 16.8. The number of carbonyl (C=O) groups is 2. The fourth-order valence-electron chi connectivity index (χ4n) is 3.17. The van der Waals surface area contributed by atoms with Gasteiger partial charge in [0.15, 0.2) is 0 Å². The summed E-state index contributed by atoms with van der Waals surface area (Å²) in [6.07, 6.45) is 4.35. The van der Waals surface area contributed by atoms with Crippen molar-refractivity contribution in [2.75, 3.05) is 0 Å². The quantitative estimate of drug-likeness (QED) is 0.847. The van der Waals surface area contributed by atoms with E-state index in [0.29, 0.717) is 6.42 Å². The van der Waals surface area contributed by atoms with Crippen molar-refractivity contribution in [3.05, 3.63) is 35.4 Å². The fraction of sp³-hybridized carbons (Fsp3) is 0.579. The predicted molar refractivity (Wildman–Crippen MR) is 91.9 cm³/mol. The van der Waals surface area contributed by atoms with E-state index in [1.165, 1.54) is 11.1 Å². The van der Waals surface area contributed by atoms with Gasteiger partial charge in [-0.3, -0.25) is 9.59 Å². The molecule has 2 unspecified atom stereocenters. The third-order valence-corrected chi connectivity index (χ3v) is 4.43. The van der Waals surface area contributed by atoms with Crippen LogP contribution in [-0.2, 0) is 16.0 Å². The van der Waals surface area contributed by atoms with Crippen molar-refractivity contribution in [1.29, 1.82) is 0 Å². The van der Waals surface area contributed by atoms with E-state index in [1.54, 1.807) is 0 Å². The van der Waals surface area contributed by atoms with Crippen molar-refractivity contribution < 1.29 is 9.59 Å². The van der Waals surface area contributed by atoms with Crippen molar-refractivity contribution in [3.8, 4) is 0 Å². The molecule has 1 aromatic carbocycles. The molecule has 0 fully saturated rings. The number of hydrogen-bond acceptors (Lipinski definition) is 2. The highest BCUT2D eigenvalue weighted by molar-refractivity contribution is 5.88. The Morgan fingerprint density at radius 1 is 1.26 bits per heavy atom. The van der Waals surface area contributed by atoms with Gasteiger partial charge in [0.05, 0.1) is 6.04 Å². The van der Waals surface area contributed by atoms with E-state index in [9.17, 15) is 9.59 Å². The van der Waals surface area contributed by atoms with E-state index >= 15 is 0 Å². The van der Waals surface area contributed by atoms with E-state index in [1.807, 2.05) is 32.9 Å². The highest BCUT2D eigenvalue weighted by atomic mass is 16.2. The van der Waals surface area contributed by atoms with Gasteiger partial charge in [0.25, 0.3) is 0 Å². The summed E-state index contributed by atoms with van der Waals surface area (Å²) >= 11 is 0. The molecular formula is C19H28N2O2. The summed E-state index contributed by atoms with van der Waals surface area (Å²) in [6, 6.07) is 7.88.